The van der Waals surface area contributed by atoms with Crippen molar-refractivity contribution in [3.63, 3.8) is 0 Å². The van der Waals surface area contributed by atoms with Gasteiger partial charge in [0.15, 0.2) is 0 Å². The number of hydrogen-bond donors (Lipinski definition) is 1. The molecule has 0 atom stereocenters. The van der Waals surface area contributed by atoms with E-state index < -0.39 is 11.7 Å². The van der Waals surface area contributed by atoms with Crippen molar-refractivity contribution in [2.24, 2.45) is 5.73 Å². The largest absolute Gasteiger partial charge is 0.496 e. The van der Waals surface area contributed by atoms with Crippen LogP contribution in [0.4, 0.5) is 13.2 Å². The number of alkyl halides is 3. The van der Waals surface area contributed by atoms with E-state index in [0.717, 1.165) is 6.07 Å². The van der Waals surface area contributed by atoms with Crippen LogP contribution in [-0.2, 0) is 12.7 Å². The highest BCUT2D eigenvalue weighted by Crippen LogP contribution is 2.40. The molecule has 0 aliphatic heterocycles. The van der Waals surface area contributed by atoms with Gasteiger partial charge in [-0.15, -0.1) is 0 Å². The van der Waals surface area contributed by atoms with Crippen LogP contribution in [0.25, 0.3) is 0 Å². The molecule has 0 unspecified atom stereocenters. The molecule has 84 valence electrons. The van der Waals surface area contributed by atoms with Gasteiger partial charge in [-0.3, -0.25) is 0 Å². The molecule has 1 aromatic rings. The van der Waals surface area contributed by atoms with Gasteiger partial charge in [-0.1, -0.05) is 15.9 Å². The summed E-state index contributed by atoms with van der Waals surface area (Å²) in [6.07, 6.45) is -4.43. The normalized spacial score (nSPS) is 11.6. The molecule has 2 nitrogen and oxygen atoms in total. The molecule has 2 N–H and O–H groups in total. The zero-order chi connectivity index (χ0) is 11.6. The van der Waals surface area contributed by atoms with Crippen LogP contribution in [0.2, 0.25) is 0 Å². The van der Waals surface area contributed by atoms with Crippen molar-refractivity contribution in [1.29, 1.82) is 0 Å². The highest BCUT2D eigenvalue weighted by molar-refractivity contribution is 9.10. The first kappa shape index (κ1) is 12.3. The maximum absolute atomic E-state index is 12.5. The van der Waals surface area contributed by atoms with Crippen LogP contribution in [0.1, 0.15) is 11.1 Å². The lowest BCUT2D eigenvalue weighted by molar-refractivity contribution is -0.138. The Morgan fingerprint density at radius 3 is 2.40 bits per heavy atom. The first-order valence-electron chi connectivity index (χ1n) is 4.04. The number of nitrogens with two attached hydrogens (primary N) is 1. The van der Waals surface area contributed by atoms with Crippen molar-refractivity contribution in [2.75, 3.05) is 7.11 Å². The highest BCUT2D eigenvalue weighted by atomic mass is 79.9. The van der Waals surface area contributed by atoms with Gasteiger partial charge in [0.25, 0.3) is 0 Å². The number of hydrogen-bond acceptors (Lipinski definition) is 2. The Hall–Kier alpha value is -0.750. The van der Waals surface area contributed by atoms with Crippen molar-refractivity contribution < 1.29 is 17.9 Å². The van der Waals surface area contributed by atoms with E-state index in [-0.39, 0.29) is 12.3 Å². The topological polar surface area (TPSA) is 35.2 Å². The Kier molecular flexibility index (Phi) is 3.62. The second-order valence-electron chi connectivity index (χ2n) is 2.81. The summed E-state index contributed by atoms with van der Waals surface area (Å²) in [7, 11) is 1.19. The summed E-state index contributed by atoms with van der Waals surface area (Å²) in [5.41, 5.74) is 4.86. The molecule has 0 radical (unpaired) electrons. The molecule has 15 heavy (non-hydrogen) atoms. The van der Waals surface area contributed by atoms with E-state index in [9.17, 15) is 13.2 Å². The Labute approximate surface area is 93.3 Å². The Morgan fingerprint density at radius 2 is 2.00 bits per heavy atom. The van der Waals surface area contributed by atoms with Gasteiger partial charge in [-0.2, -0.15) is 13.2 Å². The van der Waals surface area contributed by atoms with Crippen molar-refractivity contribution >= 4 is 15.9 Å². The molecule has 0 spiro atoms. The van der Waals surface area contributed by atoms with Crippen molar-refractivity contribution in [3.05, 3.63) is 27.7 Å². The Balaban J connectivity index is 3.42. The average molecular weight is 284 g/mol. The van der Waals surface area contributed by atoms with Crippen molar-refractivity contribution in [3.8, 4) is 5.75 Å². The van der Waals surface area contributed by atoms with Gasteiger partial charge in [-0.25, -0.2) is 0 Å². The molecule has 1 rings (SSSR count). The third-order valence-electron chi connectivity index (χ3n) is 1.92. The monoisotopic (exact) mass is 283 g/mol. The van der Waals surface area contributed by atoms with E-state index in [1.54, 1.807) is 0 Å². The fraction of sp³-hybridized carbons (Fsp3) is 0.333. The summed E-state index contributed by atoms with van der Waals surface area (Å²) in [5.74, 6) is -0.223. The van der Waals surface area contributed by atoms with Crippen LogP contribution in [0.3, 0.4) is 0 Å². The molecule has 0 amide bonds. The molecule has 6 heteroatoms. The minimum Gasteiger partial charge on any atom is -0.496 e. The summed E-state index contributed by atoms with van der Waals surface area (Å²) in [6, 6.07) is 2.27. The molecule has 0 bridgehead atoms. The van der Waals surface area contributed by atoms with Gasteiger partial charge in [-0.05, 0) is 12.1 Å². The summed E-state index contributed by atoms with van der Waals surface area (Å²) in [6.45, 7) is -0.0202. The minimum atomic E-state index is -4.43. The lowest BCUT2D eigenvalue weighted by Crippen LogP contribution is -2.11. The van der Waals surface area contributed by atoms with Crippen LogP contribution < -0.4 is 10.5 Å². The molecule has 0 saturated heterocycles. The van der Waals surface area contributed by atoms with Gasteiger partial charge in [0.05, 0.1) is 12.7 Å². The summed E-state index contributed by atoms with van der Waals surface area (Å²) in [4.78, 5) is 0. The predicted molar refractivity (Wildman–Crippen MR) is 53.6 cm³/mol. The smallest absolute Gasteiger partial charge is 0.419 e. The van der Waals surface area contributed by atoms with Crippen molar-refractivity contribution in [2.45, 2.75) is 12.7 Å². The summed E-state index contributed by atoms with van der Waals surface area (Å²) >= 11 is 3.12. The minimum absolute atomic E-state index is 0.0202. The molecule has 1 aromatic carbocycles. The lowest BCUT2D eigenvalue weighted by Gasteiger charge is -2.16. The van der Waals surface area contributed by atoms with Gasteiger partial charge in [0.1, 0.15) is 5.75 Å². The van der Waals surface area contributed by atoms with Crippen LogP contribution in [-0.4, -0.2) is 7.11 Å². The lowest BCUT2D eigenvalue weighted by atomic mass is 10.1. The van der Waals surface area contributed by atoms with Gasteiger partial charge >= 0.3 is 6.18 Å². The second kappa shape index (κ2) is 4.40. The van der Waals surface area contributed by atoms with Crippen molar-refractivity contribution in [1.82, 2.24) is 0 Å². The molecule has 0 saturated carbocycles. The highest BCUT2D eigenvalue weighted by Gasteiger charge is 2.35. The van der Waals surface area contributed by atoms with E-state index in [1.165, 1.54) is 13.2 Å². The maximum atomic E-state index is 12.5. The van der Waals surface area contributed by atoms with Gasteiger partial charge in [0, 0.05) is 16.6 Å². The Bertz CT molecular complexity index is 365. The molecule has 0 aliphatic carbocycles. The zero-order valence-corrected chi connectivity index (χ0v) is 9.45. The standard InChI is InChI=1S/C9H9BrF3NO/c1-15-8-5(4-14)7(10)3-2-6(8)9(11,12)13/h2-3H,4,14H2,1H3. The van der Waals surface area contributed by atoms with Crippen LogP contribution in [0, 0.1) is 0 Å². The number of rotatable bonds is 2. The fourth-order valence-electron chi connectivity index (χ4n) is 1.25. The quantitative estimate of drug-likeness (QED) is 0.906. The van der Waals surface area contributed by atoms with E-state index in [4.69, 9.17) is 10.5 Å². The molecular formula is C9H9BrF3NO. The molecule has 0 heterocycles. The SMILES string of the molecule is COc1c(C(F)(F)F)ccc(Br)c1CN. The molecule has 0 aromatic heterocycles. The molecule has 0 aliphatic rings. The van der Waals surface area contributed by atoms with Crippen LogP contribution in [0.15, 0.2) is 16.6 Å². The zero-order valence-electron chi connectivity index (χ0n) is 7.86. The first-order chi connectivity index (χ1) is 6.91. The van der Waals surface area contributed by atoms with Crippen LogP contribution in [0.5, 0.6) is 5.75 Å². The van der Waals surface area contributed by atoms with E-state index in [1.807, 2.05) is 0 Å². The summed E-state index contributed by atoms with van der Waals surface area (Å²) in [5, 5.41) is 0. The van der Waals surface area contributed by atoms with E-state index >= 15 is 0 Å². The van der Waals surface area contributed by atoms with Crippen LogP contribution >= 0.6 is 15.9 Å². The predicted octanol–water partition coefficient (Wildman–Crippen LogP) is 2.94. The summed E-state index contributed by atoms with van der Waals surface area (Å²) < 4.78 is 42.9. The third-order valence-corrected chi connectivity index (χ3v) is 2.66. The fourth-order valence-corrected chi connectivity index (χ4v) is 1.72. The third kappa shape index (κ3) is 2.43. The maximum Gasteiger partial charge on any atom is 0.419 e. The Morgan fingerprint density at radius 1 is 1.40 bits per heavy atom. The number of halogens is 4. The van der Waals surface area contributed by atoms with E-state index in [0.29, 0.717) is 10.0 Å². The number of ether oxygens (including phenoxy) is 1. The second-order valence-corrected chi connectivity index (χ2v) is 3.66. The number of methoxy groups -OCH3 is 1. The van der Waals surface area contributed by atoms with Gasteiger partial charge in [0.2, 0.25) is 0 Å². The first-order valence-corrected chi connectivity index (χ1v) is 4.83. The number of benzene rings is 1. The van der Waals surface area contributed by atoms with E-state index in [2.05, 4.69) is 15.9 Å². The average Bonchev–Trinajstić information content (AvgIpc) is 2.15. The van der Waals surface area contributed by atoms with Gasteiger partial charge < -0.3 is 10.5 Å². The molecular weight excluding hydrogens is 275 g/mol. The molecule has 0 fully saturated rings.